The van der Waals surface area contributed by atoms with Gasteiger partial charge in [-0.2, -0.15) is 0 Å². The highest BCUT2D eigenvalue weighted by Gasteiger charge is 2.32. The van der Waals surface area contributed by atoms with Gasteiger partial charge in [0.15, 0.2) is 0 Å². The summed E-state index contributed by atoms with van der Waals surface area (Å²) in [4.78, 5) is 23.8. The van der Waals surface area contributed by atoms with E-state index in [1.54, 1.807) is 27.7 Å². The molecule has 1 heterocycles. The Morgan fingerprint density at radius 1 is 1.24 bits per heavy atom. The van der Waals surface area contributed by atoms with Crippen LogP contribution in [0.4, 0.5) is 0 Å². The van der Waals surface area contributed by atoms with E-state index >= 15 is 0 Å². The second-order valence-corrected chi connectivity index (χ2v) is 5.54. The van der Waals surface area contributed by atoms with Crippen molar-refractivity contribution in [1.29, 1.82) is 0 Å². The van der Waals surface area contributed by atoms with E-state index < -0.39 is 17.5 Å². The summed E-state index contributed by atoms with van der Waals surface area (Å²) in [6, 6.07) is 0. The van der Waals surface area contributed by atoms with Crippen LogP contribution in [0.1, 0.15) is 40.5 Å². The summed E-state index contributed by atoms with van der Waals surface area (Å²) in [5.41, 5.74) is -0.540. The fraction of sp³-hybridized carbons (Fsp3) is 0.846. The number of esters is 1. The molecule has 1 aliphatic heterocycles. The number of carbonyl (C=O) groups excluding carboxylic acids is 2. The van der Waals surface area contributed by atoms with E-state index in [9.17, 15) is 9.59 Å². The Hall–Kier alpha value is -0.900. The maximum Gasteiger partial charge on any atom is 0.316 e. The lowest BCUT2D eigenvalue weighted by molar-refractivity contribution is -0.162. The zero-order valence-electron chi connectivity index (χ0n) is 11.1. The van der Waals surface area contributed by atoms with Gasteiger partial charge in [0.1, 0.15) is 17.3 Å². The van der Waals surface area contributed by atoms with Crippen molar-refractivity contribution in [3.8, 4) is 0 Å². The van der Waals surface area contributed by atoms with Crippen LogP contribution in [0.3, 0.4) is 0 Å². The van der Waals surface area contributed by atoms with Gasteiger partial charge in [0.2, 0.25) is 0 Å². The van der Waals surface area contributed by atoms with Gasteiger partial charge in [-0.05, 0) is 40.5 Å². The summed E-state index contributed by atoms with van der Waals surface area (Å²) in [5, 5.41) is 0. The Kier molecular flexibility index (Phi) is 4.69. The smallest absolute Gasteiger partial charge is 0.316 e. The van der Waals surface area contributed by atoms with Crippen LogP contribution in [0.25, 0.3) is 0 Å². The Balaban J connectivity index is 2.53. The molecular formula is C13H22O4. The topological polar surface area (TPSA) is 52.6 Å². The van der Waals surface area contributed by atoms with Gasteiger partial charge in [-0.1, -0.05) is 0 Å². The fourth-order valence-corrected chi connectivity index (χ4v) is 1.84. The van der Waals surface area contributed by atoms with E-state index in [2.05, 4.69) is 0 Å². The molecule has 1 atom stereocenters. The van der Waals surface area contributed by atoms with E-state index in [1.165, 1.54) is 0 Å². The van der Waals surface area contributed by atoms with Crippen LogP contribution in [0.2, 0.25) is 0 Å². The molecule has 1 fully saturated rings. The van der Waals surface area contributed by atoms with Crippen molar-refractivity contribution in [1.82, 2.24) is 0 Å². The summed E-state index contributed by atoms with van der Waals surface area (Å²) in [5.74, 6) is -1.15. The lowest BCUT2D eigenvalue weighted by atomic mass is 9.88. The molecule has 1 rings (SSSR count). The second-order valence-electron chi connectivity index (χ2n) is 5.54. The monoisotopic (exact) mass is 242 g/mol. The Morgan fingerprint density at radius 3 is 2.24 bits per heavy atom. The normalized spacial score (nSPS) is 19.8. The number of hydrogen-bond donors (Lipinski definition) is 0. The van der Waals surface area contributed by atoms with Gasteiger partial charge in [0.25, 0.3) is 0 Å². The highest BCUT2D eigenvalue weighted by atomic mass is 16.6. The molecule has 4 heteroatoms. The van der Waals surface area contributed by atoms with E-state index in [4.69, 9.17) is 9.47 Å². The first-order valence-corrected chi connectivity index (χ1v) is 6.15. The van der Waals surface area contributed by atoms with Crippen LogP contribution < -0.4 is 0 Å². The maximum absolute atomic E-state index is 12.1. The largest absolute Gasteiger partial charge is 0.459 e. The molecule has 0 amide bonds. The fourth-order valence-electron chi connectivity index (χ4n) is 1.84. The molecular weight excluding hydrogens is 220 g/mol. The van der Waals surface area contributed by atoms with Crippen LogP contribution in [-0.4, -0.2) is 30.6 Å². The molecule has 1 saturated heterocycles. The molecule has 0 aromatic heterocycles. The van der Waals surface area contributed by atoms with E-state index in [-0.39, 0.29) is 11.7 Å². The first-order chi connectivity index (χ1) is 7.81. The molecule has 0 N–H and O–H groups in total. The Bertz CT molecular complexity index is 284. The van der Waals surface area contributed by atoms with Gasteiger partial charge in [0, 0.05) is 19.1 Å². The number of ether oxygens (including phenoxy) is 2. The predicted octanol–water partition coefficient (Wildman–Crippen LogP) is 1.96. The average molecular weight is 242 g/mol. The Labute approximate surface area is 103 Å². The lowest BCUT2D eigenvalue weighted by Gasteiger charge is -2.25. The molecule has 0 radical (unpaired) electrons. The first kappa shape index (κ1) is 14.2. The third-order valence-electron chi connectivity index (χ3n) is 2.81. The zero-order valence-corrected chi connectivity index (χ0v) is 11.1. The van der Waals surface area contributed by atoms with Crippen molar-refractivity contribution in [2.45, 2.75) is 46.1 Å². The third-order valence-corrected chi connectivity index (χ3v) is 2.81. The predicted molar refractivity (Wildman–Crippen MR) is 63.6 cm³/mol. The minimum Gasteiger partial charge on any atom is -0.459 e. The number of rotatable bonds is 3. The maximum atomic E-state index is 12.1. The second kappa shape index (κ2) is 5.63. The standard InChI is InChI=1S/C13H22O4/c1-9(12(15)17-13(2,3)4)11(14)10-5-7-16-8-6-10/h9-10H,5-8H2,1-4H3. The van der Waals surface area contributed by atoms with Crippen molar-refractivity contribution < 1.29 is 19.1 Å². The highest BCUT2D eigenvalue weighted by molar-refractivity contribution is 5.99. The van der Waals surface area contributed by atoms with Gasteiger partial charge in [0.05, 0.1) is 0 Å². The molecule has 0 bridgehead atoms. The molecule has 1 unspecified atom stereocenters. The van der Waals surface area contributed by atoms with Crippen molar-refractivity contribution in [3.63, 3.8) is 0 Å². The van der Waals surface area contributed by atoms with Gasteiger partial charge < -0.3 is 9.47 Å². The lowest BCUT2D eigenvalue weighted by Crippen LogP contribution is -2.35. The number of Topliss-reactive ketones (excluding diaryl/α,β-unsaturated/α-hetero) is 1. The molecule has 0 aromatic rings. The van der Waals surface area contributed by atoms with Crippen molar-refractivity contribution >= 4 is 11.8 Å². The molecule has 1 aliphatic rings. The van der Waals surface area contributed by atoms with E-state index in [0.717, 1.165) is 0 Å². The summed E-state index contributed by atoms with van der Waals surface area (Å²) in [7, 11) is 0. The SMILES string of the molecule is CC(C(=O)OC(C)(C)C)C(=O)C1CCOCC1. The Morgan fingerprint density at radius 2 is 1.76 bits per heavy atom. The van der Waals surface area contributed by atoms with E-state index in [0.29, 0.717) is 26.1 Å². The van der Waals surface area contributed by atoms with Crippen LogP contribution in [0, 0.1) is 11.8 Å². The van der Waals surface area contributed by atoms with Crippen molar-refractivity contribution in [2.24, 2.45) is 11.8 Å². The minimum absolute atomic E-state index is 0.0115. The molecule has 17 heavy (non-hydrogen) atoms. The first-order valence-electron chi connectivity index (χ1n) is 6.15. The number of hydrogen-bond acceptors (Lipinski definition) is 4. The minimum atomic E-state index is -0.669. The van der Waals surface area contributed by atoms with Crippen LogP contribution in [-0.2, 0) is 19.1 Å². The van der Waals surface area contributed by atoms with Crippen LogP contribution in [0.15, 0.2) is 0 Å². The average Bonchev–Trinajstić information content (AvgIpc) is 2.26. The van der Waals surface area contributed by atoms with Gasteiger partial charge >= 0.3 is 5.97 Å². The molecule has 4 nitrogen and oxygen atoms in total. The van der Waals surface area contributed by atoms with Gasteiger partial charge in [-0.25, -0.2) is 0 Å². The summed E-state index contributed by atoms with van der Waals surface area (Å²) >= 11 is 0. The summed E-state index contributed by atoms with van der Waals surface area (Å²) in [6.07, 6.45) is 1.43. The molecule has 98 valence electrons. The van der Waals surface area contributed by atoms with Crippen molar-refractivity contribution in [2.75, 3.05) is 13.2 Å². The van der Waals surface area contributed by atoms with Crippen LogP contribution in [0.5, 0.6) is 0 Å². The van der Waals surface area contributed by atoms with Gasteiger partial charge in [-0.15, -0.1) is 0 Å². The summed E-state index contributed by atoms with van der Waals surface area (Å²) in [6.45, 7) is 8.25. The molecule has 0 saturated carbocycles. The van der Waals surface area contributed by atoms with E-state index in [1.807, 2.05) is 0 Å². The quantitative estimate of drug-likeness (QED) is 0.561. The third kappa shape index (κ3) is 4.46. The van der Waals surface area contributed by atoms with Crippen molar-refractivity contribution in [3.05, 3.63) is 0 Å². The van der Waals surface area contributed by atoms with Crippen LogP contribution >= 0.6 is 0 Å². The number of ketones is 1. The molecule has 0 spiro atoms. The summed E-state index contributed by atoms with van der Waals surface area (Å²) < 4.78 is 10.4. The molecule has 0 aliphatic carbocycles. The molecule has 0 aromatic carbocycles. The number of carbonyl (C=O) groups is 2. The highest BCUT2D eigenvalue weighted by Crippen LogP contribution is 2.21. The van der Waals surface area contributed by atoms with Gasteiger partial charge in [-0.3, -0.25) is 9.59 Å². The zero-order chi connectivity index (χ0) is 13.1.